The van der Waals surface area contributed by atoms with Gasteiger partial charge in [0, 0.05) is 23.7 Å². The number of hydrogen-bond donors (Lipinski definition) is 0. The molecule has 0 aromatic heterocycles. The number of carbonyl (C=O) groups is 2. The predicted octanol–water partition coefficient (Wildman–Crippen LogP) is 4.76. The van der Waals surface area contributed by atoms with Gasteiger partial charge in [0.15, 0.2) is 0 Å². The van der Waals surface area contributed by atoms with Crippen molar-refractivity contribution in [2.45, 2.75) is 13.3 Å². The van der Waals surface area contributed by atoms with E-state index in [2.05, 4.69) is 0 Å². The fourth-order valence-corrected chi connectivity index (χ4v) is 3.59. The van der Waals surface area contributed by atoms with Crippen molar-refractivity contribution in [3.63, 3.8) is 0 Å². The van der Waals surface area contributed by atoms with Crippen molar-refractivity contribution in [2.24, 2.45) is 5.92 Å². The van der Waals surface area contributed by atoms with Gasteiger partial charge in [-0.3, -0.25) is 9.59 Å². The maximum atomic E-state index is 12.6. The first-order valence-electron chi connectivity index (χ1n) is 8.79. The second-order valence-corrected chi connectivity index (χ2v) is 7.13. The van der Waals surface area contributed by atoms with E-state index >= 15 is 0 Å². The lowest BCUT2D eigenvalue weighted by Gasteiger charge is -2.19. The molecule has 27 heavy (non-hydrogen) atoms. The van der Waals surface area contributed by atoms with E-state index in [9.17, 15) is 9.59 Å². The summed E-state index contributed by atoms with van der Waals surface area (Å²) in [5.74, 6) is -0.493. The van der Waals surface area contributed by atoms with E-state index in [1.165, 1.54) is 0 Å². The first kappa shape index (κ1) is 17.6. The van der Waals surface area contributed by atoms with Crippen molar-refractivity contribution < 1.29 is 14.3 Å². The zero-order valence-corrected chi connectivity index (χ0v) is 15.6. The van der Waals surface area contributed by atoms with Crippen molar-refractivity contribution >= 4 is 39.9 Å². The molecule has 3 aromatic carbocycles. The topological polar surface area (TPSA) is 46.6 Å². The van der Waals surface area contributed by atoms with Gasteiger partial charge in [-0.1, -0.05) is 48.0 Å². The van der Waals surface area contributed by atoms with E-state index in [0.29, 0.717) is 17.3 Å². The highest BCUT2D eigenvalue weighted by atomic mass is 35.5. The Hall–Kier alpha value is -2.85. The number of fused-ring (bicyclic) bond motifs is 1. The van der Waals surface area contributed by atoms with Crippen LogP contribution in [0.5, 0.6) is 5.75 Å². The number of nitrogens with zero attached hydrogens (tertiary/aromatic N) is 1. The summed E-state index contributed by atoms with van der Waals surface area (Å²) in [5.41, 5.74) is 1.57. The summed E-state index contributed by atoms with van der Waals surface area (Å²) >= 11 is 6.16. The lowest BCUT2D eigenvalue weighted by atomic mass is 10.1. The highest BCUT2D eigenvalue weighted by Crippen LogP contribution is 2.32. The minimum Gasteiger partial charge on any atom is -0.426 e. The Kier molecular flexibility index (Phi) is 4.58. The Morgan fingerprint density at radius 2 is 1.85 bits per heavy atom. The second kappa shape index (κ2) is 7.05. The molecule has 0 radical (unpaired) electrons. The molecule has 1 heterocycles. The summed E-state index contributed by atoms with van der Waals surface area (Å²) in [7, 11) is 0. The number of esters is 1. The van der Waals surface area contributed by atoms with Gasteiger partial charge in [0.25, 0.3) is 0 Å². The number of amides is 1. The molecule has 1 saturated heterocycles. The van der Waals surface area contributed by atoms with Gasteiger partial charge in [-0.05, 0) is 47.5 Å². The zero-order chi connectivity index (χ0) is 19.0. The lowest BCUT2D eigenvalue weighted by molar-refractivity contribution is -0.139. The molecule has 1 amide bonds. The smallest absolute Gasteiger partial charge is 0.316 e. The predicted molar refractivity (Wildman–Crippen MR) is 106 cm³/mol. The molecule has 1 fully saturated rings. The Morgan fingerprint density at radius 1 is 1.07 bits per heavy atom. The SMILES string of the molecule is Cc1c(Cl)cccc1N1C[C@@H](C(=O)Oc2ccc3ccccc3c2)CC1=O. The molecule has 1 aliphatic rings. The van der Waals surface area contributed by atoms with Crippen LogP contribution in [0, 0.1) is 12.8 Å². The van der Waals surface area contributed by atoms with Crippen LogP contribution in [0.4, 0.5) is 5.69 Å². The van der Waals surface area contributed by atoms with Gasteiger partial charge in [0.05, 0.1) is 5.92 Å². The number of rotatable bonds is 3. The molecule has 1 atom stereocenters. The minimum atomic E-state index is -0.498. The standard InChI is InChI=1S/C22H18ClNO3/c1-14-19(23)7-4-8-20(14)24-13-17(12-21(24)25)22(26)27-18-10-9-15-5-2-3-6-16(15)11-18/h2-11,17H,12-13H2,1H3/t17-/m0/s1. The molecule has 0 N–H and O–H groups in total. The molecule has 1 aliphatic heterocycles. The fourth-order valence-electron chi connectivity index (χ4n) is 3.42. The minimum absolute atomic E-state index is 0.0965. The van der Waals surface area contributed by atoms with Crippen LogP contribution in [0.25, 0.3) is 10.8 Å². The van der Waals surface area contributed by atoms with Crippen molar-refractivity contribution in [1.29, 1.82) is 0 Å². The van der Waals surface area contributed by atoms with E-state index in [1.54, 1.807) is 23.1 Å². The number of anilines is 1. The average molecular weight is 380 g/mol. The number of carbonyl (C=O) groups excluding carboxylic acids is 2. The Labute approximate surface area is 162 Å². The van der Waals surface area contributed by atoms with E-state index in [1.807, 2.05) is 49.4 Å². The number of halogens is 1. The molecular formula is C22H18ClNO3. The third-order valence-corrected chi connectivity index (χ3v) is 5.34. The largest absolute Gasteiger partial charge is 0.426 e. The molecule has 4 rings (SSSR count). The third-order valence-electron chi connectivity index (χ3n) is 4.93. The Bertz CT molecular complexity index is 1050. The normalized spacial score (nSPS) is 16.7. The quantitative estimate of drug-likeness (QED) is 0.487. The van der Waals surface area contributed by atoms with Crippen molar-refractivity contribution in [3.05, 3.63) is 71.2 Å². The van der Waals surface area contributed by atoms with Crippen LogP contribution < -0.4 is 9.64 Å². The van der Waals surface area contributed by atoms with Gasteiger partial charge >= 0.3 is 5.97 Å². The highest BCUT2D eigenvalue weighted by Gasteiger charge is 2.37. The third kappa shape index (κ3) is 3.40. The van der Waals surface area contributed by atoms with Crippen molar-refractivity contribution in [1.82, 2.24) is 0 Å². The van der Waals surface area contributed by atoms with Crippen LogP contribution in [0.15, 0.2) is 60.7 Å². The van der Waals surface area contributed by atoms with E-state index in [4.69, 9.17) is 16.3 Å². The number of benzene rings is 3. The molecule has 0 spiro atoms. The monoisotopic (exact) mass is 379 g/mol. The van der Waals surface area contributed by atoms with Crippen molar-refractivity contribution in [3.8, 4) is 5.75 Å². The molecule has 136 valence electrons. The molecule has 0 aliphatic carbocycles. The van der Waals surface area contributed by atoms with Crippen LogP contribution >= 0.6 is 11.6 Å². The lowest BCUT2D eigenvalue weighted by Crippen LogP contribution is -2.27. The number of hydrogen-bond acceptors (Lipinski definition) is 3. The molecule has 0 bridgehead atoms. The first-order chi connectivity index (χ1) is 13.0. The van der Waals surface area contributed by atoms with Crippen LogP contribution in [0.2, 0.25) is 5.02 Å². The Balaban J connectivity index is 1.51. The molecule has 3 aromatic rings. The molecule has 4 nitrogen and oxygen atoms in total. The van der Waals surface area contributed by atoms with Crippen LogP contribution in [-0.4, -0.2) is 18.4 Å². The molecule has 5 heteroatoms. The van der Waals surface area contributed by atoms with Gasteiger partial charge in [-0.15, -0.1) is 0 Å². The maximum absolute atomic E-state index is 12.6. The summed E-state index contributed by atoms with van der Waals surface area (Å²) in [6.45, 7) is 2.16. The summed E-state index contributed by atoms with van der Waals surface area (Å²) in [5, 5.41) is 2.68. The highest BCUT2D eigenvalue weighted by molar-refractivity contribution is 6.31. The summed E-state index contributed by atoms with van der Waals surface area (Å²) in [4.78, 5) is 26.7. The summed E-state index contributed by atoms with van der Waals surface area (Å²) in [6.07, 6.45) is 0.137. The Morgan fingerprint density at radius 3 is 2.67 bits per heavy atom. The van der Waals surface area contributed by atoms with Gasteiger partial charge < -0.3 is 9.64 Å². The van der Waals surface area contributed by atoms with E-state index < -0.39 is 5.92 Å². The maximum Gasteiger partial charge on any atom is 0.316 e. The summed E-state index contributed by atoms with van der Waals surface area (Å²) in [6, 6.07) is 18.8. The number of ether oxygens (including phenoxy) is 1. The second-order valence-electron chi connectivity index (χ2n) is 6.72. The molecular weight excluding hydrogens is 362 g/mol. The van der Waals surface area contributed by atoms with Crippen LogP contribution in [0.3, 0.4) is 0 Å². The fraction of sp³-hybridized carbons (Fsp3) is 0.182. The first-order valence-corrected chi connectivity index (χ1v) is 9.17. The van der Waals surface area contributed by atoms with Gasteiger partial charge in [0.1, 0.15) is 5.75 Å². The van der Waals surface area contributed by atoms with Crippen LogP contribution in [0.1, 0.15) is 12.0 Å². The molecule has 0 saturated carbocycles. The molecule has 0 unspecified atom stereocenters. The zero-order valence-electron chi connectivity index (χ0n) is 14.8. The van der Waals surface area contributed by atoms with E-state index in [-0.39, 0.29) is 18.3 Å². The van der Waals surface area contributed by atoms with Gasteiger partial charge in [-0.2, -0.15) is 0 Å². The van der Waals surface area contributed by atoms with Gasteiger partial charge in [0.2, 0.25) is 5.91 Å². The average Bonchev–Trinajstić information content (AvgIpc) is 3.05. The van der Waals surface area contributed by atoms with Crippen molar-refractivity contribution in [2.75, 3.05) is 11.4 Å². The van der Waals surface area contributed by atoms with E-state index in [0.717, 1.165) is 22.0 Å². The summed E-state index contributed by atoms with van der Waals surface area (Å²) < 4.78 is 5.55. The van der Waals surface area contributed by atoms with Gasteiger partial charge in [-0.25, -0.2) is 0 Å². The van der Waals surface area contributed by atoms with Crippen LogP contribution in [-0.2, 0) is 9.59 Å².